The molecule has 1 aromatic rings. The molecule has 1 aromatic carbocycles. The lowest BCUT2D eigenvalue weighted by molar-refractivity contribution is -0.131. The van der Waals surface area contributed by atoms with E-state index in [9.17, 15) is 14.7 Å². The lowest BCUT2D eigenvalue weighted by Gasteiger charge is -2.33. The summed E-state index contributed by atoms with van der Waals surface area (Å²) >= 11 is 0. The van der Waals surface area contributed by atoms with Gasteiger partial charge in [-0.15, -0.1) is 0 Å². The smallest absolute Gasteiger partial charge is 0.317 e. The minimum absolute atomic E-state index is 0.0361. The molecular weight excluding hydrogens is 342 g/mol. The van der Waals surface area contributed by atoms with Crippen LogP contribution in [0.25, 0.3) is 0 Å². The third-order valence-corrected chi connectivity index (χ3v) is 5.68. The van der Waals surface area contributed by atoms with Crippen molar-refractivity contribution in [2.24, 2.45) is 5.92 Å². The number of likely N-dealkylation sites (tertiary alicyclic amines) is 2. The van der Waals surface area contributed by atoms with E-state index in [1.54, 1.807) is 6.07 Å². The van der Waals surface area contributed by atoms with Crippen molar-refractivity contribution >= 4 is 11.9 Å². The van der Waals surface area contributed by atoms with E-state index in [0.29, 0.717) is 44.3 Å². The number of carbonyl (C=O) groups is 2. The number of hydrogen-bond donors (Lipinski definition) is 2. The summed E-state index contributed by atoms with van der Waals surface area (Å²) in [5, 5.41) is 12.7. The third-order valence-electron chi connectivity index (χ3n) is 5.68. The number of nitrogens with zero attached hydrogens (tertiary/aromatic N) is 2. The van der Waals surface area contributed by atoms with Crippen molar-refractivity contribution in [2.45, 2.75) is 51.5 Å². The first-order chi connectivity index (χ1) is 12.7. The molecule has 3 amide bonds. The molecule has 0 spiro atoms. The Kier molecular flexibility index (Phi) is 5.63. The van der Waals surface area contributed by atoms with Crippen LogP contribution in [0.5, 0.6) is 5.75 Å². The van der Waals surface area contributed by atoms with E-state index >= 15 is 0 Å². The van der Waals surface area contributed by atoms with Gasteiger partial charge in [-0.25, -0.2) is 4.79 Å². The van der Waals surface area contributed by atoms with Gasteiger partial charge in [-0.1, -0.05) is 12.1 Å². The molecule has 0 aliphatic carbocycles. The van der Waals surface area contributed by atoms with Crippen LogP contribution in [0.15, 0.2) is 24.3 Å². The monoisotopic (exact) mass is 373 g/mol. The Hall–Kier alpha value is -2.24. The SMILES string of the molecule is CC(C)(C)N1C[C@H](CNC(=O)N2CCC(c3cccc(O)c3)CC2)CC1=O. The molecule has 1 atom stereocenters. The molecule has 6 nitrogen and oxygen atoms in total. The van der Waals surface area contributed by atoms with E-state index in [2.05, 4.69) is 5.32 Å². The fourth-order valence-electron chi connectivity index (χ4n) is 4.10. The van der Waals surface area contributed by atoms with Crippen LogP contribution >= 0.6 is 0 Å². The summed E-state index contributed by atoms with van der Waals surface area (Å²) < 4.78 is 0. The minimum atomic E-state index is -0.163. The first-order valence-electron chi connectivity index (χ1n) is 9.86. The second-order valence-corrected chi connectivity index (χ2v) is 8.79. The predicted molar refractivity (Wildman–Crippen MR) is 105 cm³/mol. The highest BCUT2D eigenvalue weighted by Crippen LogP contribution is 2.30. The zero-order valence-electron chi connectivity index (χ0n) is 16.6. The standard InChI is InChI=1S/C21H31N3O3/c1-21(2,3)24-14-15(11-19(24)26)13-22-20(27)23-9-7-16(8-10-23)17-5-4-6-18(25)12-17/h4-6,12,15-16,25H,7-11,13-14H2,1-3H3,(H,22,27)/t15-/m0/s1. The number of urea groups is 1. The van der Waals surface area contributed by atoms with Gasteiger partial charge in [0.15, 0.2) is 0 Å². The van der Waals surface area contributed by atoms with Crippen LogP contribution in [0.4, 0.5) is 4.79 Å². The topological polar surface area (TPSA) is 72.9 Å². The van der Waals surface area contributed by atoms with Crippen molar-refractivity contribution < 1.29 is 14.7 Å². The Bertz CT molecular complexity index is 690. The molecule has 0 aromatic heterocycles. The number of piperidine rings is 1. The Morgan fingerprint density at radius 3 is 2.56 bits per heavy atom. The summed E-state index contributed by atoms with van der Waals surface area (Å²) in [6, 6.07) is 7.37. The van der Waals surface area contributed by atoms with Gasteiger partial charge in [0, 0.05) is 44.1 Å². The normalized spacial score (nSPS) is 21.6. The first-order valence-corrected chi connectivity index (χ1v) is 9.86. The van der Waals surface area contributed by atoms with Crippen LogP contribution in [-0.2, 0) is 4.79 Å². The van der Waals surface area contributed by atoms with Gasteiger partial charge in [-0.2, -0.15) is 0 Å². The van der Waals surface area contributed by atoms with Crippen LogP contribution in [0, 0.1) is 5.92 Å². The summed E-state index contributed by atoms with van der Waals surface area (Å²) in [7, 11) is 0. The fourth-order valence-corrected chi connectivity index (χ4v) is 4.10. The van der Waals surface area contributed by atoms with Crippen molar-refractivity contribution in [1.82, 2.24) is 15.1 Å². The largest absolute Gasteiger partial charge is 0.508 e. The summed E-state index contributed by atoms with van der Waals surface area (Å²) in [5.74, 6) is 1.04. The zero-order chi connectivity index (χ0) is 19.6. The molecule has 148 valence electrons. The van der Waals surface area contributed by atoms with Crippen LogP contribution in [0.3, 0.4) is 0 Å². The molecule has 0 radical (unpaired) electrons. The van der Waals surface area contributed by atoms with Crippen molar-refractivity contribution in [3.8, 4) is 5.75 Å². The van der Waals surface area contributed by atoms with Gasteiger partial charge in [0.2, 0.25) is 5.91 Å². The molecule has 2 aliphatic rings. The highest BCUT2D eigenvalue weighted by molar-refractivity contribution is 5.80. The number of hydrogen-bond acceptors (Lipinski definition) is 3. The number of benzene rings is 1. The van der Waals surface area contributed by atoms with Gasteiger partial charge in [-0.05, 0) is 57.2 Å². The zero-order valence-corrected chi connectivity index (χ0v) is 16.6. The van der Waals surface area contributed by atoms with Crippen LogP contribution in [-0.4, -0.2) is 58.6 Å². The molecule has 27 heavy (non-hydrogen) atoms. The summed E-state index contributed by atoms with van der Waals surface area (Å²) in [6.07, 6.45) is 2.31. The number of aromatic hydroxyl groups is 1. The van der Waals surface area contributed by atoms with Crippen LogP contribution in [0.2, 0.25) is 0 Å². The fraction of sp³-hybridized carbons (Fsp3) is 0.619. The molecule has 0 bridgehead atoms. The van der Waals surface area contributed by atoms with Gasteiger partial charge in [0.05, 0.1) is 0 Å². The Morgan fingerprint density at radius 1 is 1.26 bits per heavy atom. The second-order valence-electron chi connectivity index (χ2n) is 8.79. The molecule has 0 unspecified atom stereocenters. The average molecular weight is 373 g/mol. The van der Waals surface area contributed by atoms with Gasteiger partial charge >= 0.3 is 6.03 Å². The minimum Gasteiger partial charge on any atom is -0.508 e. The van der Waals surface area contributed by atoms with E-state index in [4.69, 9.17) is 0 Å². The highest BCUT2D eigenvalue weighted by atomic mass is 16.3. The number of carbonyl (C=O) groups excluding carboxylic acids is 2. The van der Waals surface area contributed by atoms with Crippen LogP contribution < -0.4 is 5.32 Å². The number of amides is 3. The van der Waals surface area contributed by atoms with E-state index in [1.165, 1.54) is 0 Å². The third kappa shape index (κ3) is 4.73. The Balaban J connectivity index is 1.44. The van der Waals surface area contributed by atoms with E-state index in [0.717, 1.165) is 18.4 Å². The summed E-state index contributed by atoms with van der Waals surface area (Å²) in [6.45, 7) is 8.81. The van der Waals surface area contributed by atoms with Gasteiger partial charge in [-0.3, -0.25) is 4.79 Å². The van der Waals surface area contributed by atoms with E-state index < -0.39 is 0 Å². The Labute approximate surface area is 161 Å². The molecule has 3 rings (SSSR count). The summed E-state index contributed by atoms with van der Waals surface area (Å²) in [5.41, 5.74) is 0.977. The highest BCUT2D eigenvalue weighted by Gasteiger charge is 2.36. The van der Waals surface area contributed by atoms with Crippen molar-refractivity contribution in [2.75, 3.05) is 26.2 Å². The van der Waals surface area contributed by atoms with Crippen LogP contribution in [0.1, 0.15) is 51.5 Å². The maximum atomic E-state index is 12.5. The van der Waals surface area contributed by atoms with Gasteiger partial charge < -0.3 is 20.2 Å². The maximum Gasteiger partial charge on any atom is 0.317 e. The summed E-state index contributed by atoms with van der Waals surface area (Å²) in [4.78, 5) is 28.4. The van der Waals surface area contributed by atoms with Crippen molar-refractivity contribution in [3.05, 3.63) is 29.8 Å². The molecular formula is C21H31N3O3. The molecule has 2 heterocycles. The maximum absolute atomic E-state index is 12.5. The molecule has 0 saturated carbocycles. The average Bonchev–Trinajstić information content (AvgIpc) is 3.01. The molecule has 2 N–H and O–H groups in total. The number of phenolic OH excluding ortho intramolecular Hbond substituents is 1. The van der Waals surface area contributed by atoms with Gasteiger partial charge in [0.1, 0.15) is 5.75 Å². The molecule has 2 aliphatic heterocycles. The quantitative estimate of drug-likeness (QED) is 0.856. The lowest BCUT2D eigenvalue weighted by Crippen LogP contribution is -2.46. The van der Waals surface area contributed by atoms with Gasteiger partial charge in [0.25, 0.3) is 0 Å². The second kappa shape index (κ2) is 7.79. The van der Waals surface area contributed by atoms with E-state index in [1.807, 2.05) is 48.8 Å². The lowest BCUT2D eigenvalue weighted by atomic mass is 9.89. The van der Waals surface area contributed by atoms with E-state index in [-0.39, 0.29) is 23.4 Å². The Morgan fingerprint density at radius 2 is 1.96 bits per heavy atom. The van der Waals surface area contributed by atoms with Crippen molar-refractivity contribution in [1.29, 1.82) is 0 Å². The number of rotatable bonds is 3. The van der Waals surface area contributed by atoms with Crippen molar-refractivity contribution in [3.63, 3.8) is 0 Å². The number of nitrogens with one attached hydrogen (secondary N) is 1. The molecule has 2 saturated heterocycles. The predicted octanol–water partition coefficient (Wildman–Crippen LogP) is 2.93. The molecule has 2 fully saturated rings. The first kappa shape index (κ1) is 19.5. The molecule has 6 heteroatoms. The number of phenols is 1.